The highest BCUT2D eigenvalue weighted by Gasteiger charge is 2.33. The van der Waals surface area contributed by atoms with Crippen LogP contribution in [0.1, 0.15) is 19.8 Å². The van der Waals surface area contributed by atoms with Crippen LogP contribution in [-0.2, 0) is 4.79 Å². The fourth-order valence-corrected chi connectivity index (χ4v) is 2.15. The van der Waals surface area contributed by atoms with Crippen LogP contribution < -0.4 is 0 Å². The maximum atomic E-state index is 12.0. The molecule has 0 radical (unpaired) electrons. The van der Waals surface area contributed by atoms with E-state index >= 15 is 0 Å². The Morgan fingerprint density at radius 2 is 2.12 bits per heavy atom. The summed E-state index contributed by atoms with van der Waals surface area (Å²) in [5, 5.41) is 17.7. The average molecular weight is 244 g/mol. The van der Waals surface area contributed by atoms with Gasteiger partial charge in [-0.25, -0.2) is 4.79 Å². The largest absolute Gasteiger partial charge is 0.481 e. The summed E-state index contributed by atoms with van der Waals surface area (Å²) in [6.45, 7) is 2.55. The third kappa shape index (κ3) is 3.33. The number of amides is 2. The van der Waals surface area contributed by atoms with Crippen molar-refractivity contribution in [2.75, 3.05) is 26.7 Å². The Hall–Kier alpha value is -1.30. The summed E-state index contributed by atoms with van der Waals surface area (Å²) in [6.07, 6.45) is 0.992. The van der Waals surface area contributed by atoms with Crippen molar-refractivity contribution in [1.29, 1.82) is 0 Å². The zero-order valence-electron chi connectivity index (χ0n) is 10.3. The molecule has 1 rings (SSSR count). The summed E-state index contributed by atoms with van der Waals surface area (Å²) < 4.78 is 0. The summed E-state index contributed by atoms with van der Waals surface area (Å²) in [6, 6.07) is -0.214. The first-order chi connectivity index (χ1) is 7.97. The van der Waals surface area contributed by atoms with Gasteiger partial charge in [0.15, 0.2) is 0 Å². The van der Waals surface area contributed by atoms with Gasteiger partial charge in [0.2, 0.25) is 0 Å². The summed E-state index contributed by atoms with van der Waals surface area (Å²) in [5.74, 6) is -1.13. The van der Waals surface area contributed by atoms with Crippen LogP contribution in [0.2, 0.25) is 0 Å². The summed E-state index contributed by atoms with van der Waals surface area (Å²) in [4.78, 5) is 26.0. The molecule has 1 aliphatic heterocycles. The van der Waals surface area contributed by atoms with Crippen LogP contribution in [0.3, 0.4) is 0 Å². The van der Waals surface area contributed by atoms with Gasteiger partial charge in [-0.1, -0.05) is 0 Å². The van der Waals surface area contributed by atoms with Gasteiger partial charge in [-0.3, -0.25) is 4.79 Å². The van der Waals surface area contributed by atoms with Crippen molar-refractivity contribution >= 4 is 12.0 Å². The Kier molecular flexibility index (Phi) is 4.74. The second-order valence-corrected chi connectivity index (χ2v) is 4.53. The number of aliphatic carboxylic acids is 1. The normalized spacial score (nSPS) is 24.5. The van der Waals surface area contributed by atoms with E-state index in [-0.39, 0.29) is 24.6 Å². The Morgan fingerprint density at radius 1 is 1.47 bits per heavy atom. The lowest BCUT2D eigenvalue weighted by Crippen LogP contribution is -2.51. The number of carbonyl (C=O) groups is 2. The summed E-state index contributed by atoms with van der Waals surface area (Å²) in [7, 11) is 1.63. The van der Waals surface area contributed by atoms with Gasteiger partial charge in [-0.2, -0.15) is 0 Å². The second-order valence-electron chi connectivity index (χ2n) is 4.53. The topological polar surface area (TPSA) is 81.1 Å². The van der Waals surface area contributed by atoms with Gasteiger partial charge >= 0.3 is 12.0 Å². The molecule has 1 fully saturated rings. The molecular weight excluding hydrogens is 224 g/mol. The Labute approximate surface area is 101 Å². The van der Waals surface area contributed by atoms with Crippen molar-refractivity contribution in [3.63, 3.8) is 0 Å². The Balaban J connectivity index is 2.57. The lowest BCUT2D eigenvalue weighted by Gasteiger charge is -2.38. The molecule has 0 aliphatic carbocycles. The van der Waals surface area contributed by atoms with E-state index < -0.39 is 5.97 Å². The van der Waals surface area contributed by atoms with E-state index in [2.05, 4.69) is 0 Å². The minimum absolute atomic E-state index is 0.0673. The molecule has 0 saturated carbocycles. The molecule has 0 aromatic heterocycles. The number of rotatable bonds is 3. The van der Waals surface area contributed by atoms with Crippen molar-refractivity contribution in [2.24, 2.45) is 5.92 Å². The number of carboxylic acids is 1. The van der Waals surface area contributed by atoms with Gasteiger partial charge in [0.25, 0.3) is 0 Å². The number of hydrogen-bond donors (Lipinski definition) is 2. The van der Waals surface area contributed by atoms with E-state index in [1.807, 2.05) is 6.92 Å². The zero-order chi connectivity index (χ0) is 13.0. The van der Waals surface area contributed by atoms with Crippen molar-refractivity contribution < 1.29 is 19.8 Å². The quantitative estimate of drug-likeness (QED) is 0.744. The molecule has 2 atom stereocenters. The molecule has 2 unspecified atom stereocenters. The van der Waals surface area contributed by atoms with Gasteiger partial charge in [0.1, 0.15) is 0 Å². The van der Waals surface area contributed by atoms with Crippen LogP contribution in [0.5, 0.6) is 0 Å². The Morgan fingerprint density at radius 3 is 2.59 bits per heavy atom. The highest BCUT2D eigenvalue weighted by molar-refractivity contribution is 5.75. The van der Waals surface area contributed by atoms with Crippen LogP contribution in [-0.4, -0.2) is 64.8 Å². The predicted molar refractivity (Wildman–Crippen MR) is 61.6 cm³/mol. The van der Waals surface area contributed by atoms with Gasteiger partial charge in [-0.15, -0.1) is 0 Å². The number of urea groups is 1. The Bertz CT molecular complexity index is 295. The van der Waals surface area contributed by atoms with E-state index in [0.29, 0.717) is 25.9 Å². The molecule has 0 aromatic carbocycles. The van der Waals surface area contributed by atoms with Crippen molar-refractivity contribution in [3.05, 3.63) is 0 Å². The SMILES string of the molecule is CC1CC(C(=O)O)CCN1C(=O)N(C)CCO. The molecule has 1 saturated heterocycles. The number of carbonyl (C=O) groups excluding carboxylic acids is 1. The molecule has 2 N–H and O–H groups in total. The van der Waals surface area contributed by atoms with E-state index in [4.69, 9.17) is 10.2 Å². The van der Waals surface area contributed by atoms with Crippen LogP contribution in [0, 0.1) is 5.92 Å². The first-order valence-electron chi connectivity index (χ1n) is 5.82. The molecule has 0 spiro atoms. The predicted octanol–water partition coefficient (Wildman–Crippen LogP) is 0.216. The maximum Gasteiger partial charge on any atom is 0.320 e. The maximum absolute atomic E-state index is 12.0. The molecule has 1 aliphatic rings. The number of likely N-dealkylation sites (N-methyl/N-ethyl adjacent to an activating group) is 1. The smallest absolute Gasteiger partial charge is 0.320 e. The van der Waals surface area contributed by atoms with E-state index in [9.17, 15) is 9.59 Å². The molecule has 6 nitrogen and oxygen atoms in total. The van der Waals surface area contributed by atoms with Crippen LogP contribution in [0.15, 0.2) is 0 Å². The van der Waals surface area contributed by atoms with Crippen LogP contribution in [0.4, 0.5) is 4.79 Å². The second kappa shape index (κ2) is 5.86. The van der Waals surface area contributed by atoms with E-state index in [0.717, 1.165) is 0 Å². The minimum atomic E-state index is -0.785. The molecule has 0 aromatic rings. The molecule has 0 bridgehead atoms. The van der Waals surface area contributed by atoms with E-state index in [1.54, 1.807) is 11.9 Å². The van der Waals surface area contributed by atoms with Crippen LogP contribution in [0.25, 0.3) is 0 Å². The molecule has 2 amide bonds. The van der Waals surface area contributed by atoms with Crippen molar-refractivity contribution in [1.82, 2.24) is 9.80 Å². The van der Waals surface area contributed by atoms with Gasteiger partial charge in [0.05, 0.1) is 12.5 Å². The number of nitrogens with zero attached hydrogens (tertiary/aromatic N) is 2. The third-order valence-electron chi connectivity index (χ3n) is 3.23. The standard InChI is InChI=1S/C11H20N2O4/c1-8-7-9(10(15)16)3-4-13(8)11(17)12(2)5-6-14/h8-9,14H,3-7H2,1-2H3,(H,15,16). The monoisotopic (exact) mass is 244 g/mol. The molecule has 6 heteroatoms. The lowest BCUT2D eigenvalue weighted by atomic mass is 9.92. The lowest BCUT2D eigenvalue weighted by molar-refractivity contribution is -0.143. The third-order valence-corrected chi connectivity index (χ3v) is 3.23. The molecule has 98 valence electrons. The van der Waals surface area contributed by atoms with E-state index in [1.165, 1.54) is 4.90 Å². The fourth-order valence-electron chi connectivity index (χ4n) is 2.15. The van der Waals surface area contributed by atoms with Crippen molar-refractivity contribution in [3.8, 4) is 0 Å². The zero-order valence-corrected chi connectivity index (χ0v) is 10.3. The molecular formula is C11H20N2O4. The number of aliphatic hydroxyl groups excluding tert-OH is 1. The first kappa shape index (κ1) is 13.8. The number of carboxylic acid groups (broad SMARTS) is 1. The molecule has 1 heterocycles. The number of aliphatic hydroxyl groups is 1. The van der Waals surface area contributed by atoms with Crippen molar-refractivity contribution in [2.45, 2.75) is 25.8 Å². The van der Waals surface area contributed by atoms with Gasteiger partial charge in [-0.05, 0) is 19.8 Å². The number of likely N-dealkylation sites (tertiary alicyclic amines) is 1. The average Bonchev–Trinajstić information content (AvgIpc) is 2.28. The number of piperidine rings is 1. The molecule has 17 heavy (non-hydrogen) atoms. The summed E-state index contributed by atoms with van der Waals surface area (Å²) >= 11 is 0. The number of hydrogen-bond acceptors (Lipinski definition) is 3. The highest BCUT2D eigenvalue weighted by atomic mass is 16.4. The highest BCUT2D eigenvalue weighted by Crippen LogP contribution is 2.23. The fraction of sp³-hybridized carbons (Fsp3) is 0.818. The van der Waals surface area contributed by atoms with Crippen LogP contribution >= 0.6 is 0 Å². The first-order valence-corrected chi connectivity index (χ1v) is 5.82. The summed E-state index contributed by atoms with van der Waals surface area (Å²) in [5.41, 5.74) is 0. The van der Waals surface area contributed by atoms with Gasteiger partial charge in [0, 0.05) is 26.2 Å². The minimum Gasteiger partial charge on any atom is -0.481 e. The van der Waals surface area contributed by atoms with Gasteiger partial charge < -0.3 is 20.0 Å².